The van der Waals surface area contributed by atoms with Crippen molar-refractivity contribution in [2.75, 3.05) is 6.54 Å². The first-order valence-electron chi connectivity index (χ1n) is 9.37. The molecule has 28 heavy (non-hydrogen) atoms. The number of carbonyl (C=O) groups excluding carboxylic acids is 1. The number of hydrogen-bond donors (Lipinski definition) is 1. The third-order valence-corrected chi connectivity index (χ3v) is 6.64. The number of thiophene rings is 1. The lowest BCUT2D eigenvalue weighted by Gasteiger charge is -2.13. The van der Waals surface area contributed by atoms with Crippen LogP contribution in [0.2, 0.25) is 5.02 Å². The number of Topliss-reactive ketones (excluding diaryl/α,β-unsaturated/α-hetero) is 1. The Hall–Kier alpha value is -2.02. The second-order valence-corrected chi connectivity index (χ2v) is 8.72. The van der Waals surface area contributed by atoms with E-state index in [1.54, 1.807) is 23.6 Å². The van der Waals surface area contributed by atoms with Crippen molar-refractivity contribution in [3.8, 4) is 11.3 Å². The van der Waals surface area contributed by atoms with Gasteiger partial charge in [0, 0.05) is 23.4 Å². The van der Waals surface area contributed by atoms with Gasteiger partial charge in [-0.3, -0.25) is 9.48 Å². The molecule has 3 aromatic rings. The van der Waals surface area contributed by atoms with E-state index in [2.05, 4.69) is 5.10 Å². The summed E-state index contributed by atoms with van der Waals surface area (Å²) in [5.74, 6) is -0.215. The molecule has 0 saturated carbocycles. The number of aryl methyl sites for hydroxylation is 2. The van der Waals surface area contributed by atoms with Crippen LogP contribution in [0.4, 0.5) is 4.39 Å². The van der Waals surface area contributed by atoms with Gasteiger partial charge >= 0.3 is 0 Å². The smallest absolute Gasteiger partial charge is 0.173 e. The van der Waals surface area contributed by atoms with Crippen molar-refractivity contribution >= 4 is 28.7 Å². The maximum Gasteiger partial charge on any atom is 0.173 e. The molecular formula is C21H21ClFN3OS. The molecule has 1 atom stereocenters. The van der Waals surface area contributed by atoms with Gasteiger partial charge in [0.05, 0.1) is 21.8 Å². The molecule has 4 rings (SSSR count). The maximum absolute atomic E-state index is 13.4. The van der Waals surface area contributed by atoms with Crippen LogP contribution in [0.1, 0.15) is 33.0 Å². The molecule has 4 nitrogen and oxygen atoms in total. The van der Waals surface area contributed by atoms with E-state index in [-0.39, 0.29) is 17.5 Å². The van der Waals surface area contributed by atoms with Gasteiger partial charge in [-0.05, 0) is 55.5 Å². The number of nitrogens with two attached hydrogens (primary N) is 1. The number of aromatic nitrogens is 2. The molecule has 7 heteroatoms. The molecule has 0 spiro atoms. The predicted octanol–water partition coefficient (Wildman–Crippen LogP) is 4.74. The molecule has 3 heterocycles. The summed E-state index contributed by atoms with van der Waals surface area (Å²) < 4.78 is 15.3. The van der Waals surface area contributed by atoms with E-state index in [4.69, 9.17) is 17.3 Å². The molecule has 0 amide bonds. The average molecular weight is 418 g/mol. The van der Waals surface area contributed by atoms with Crippen LogP contribution in [0, 0.1) is 11.7 Å². The Kier molecular flexibility index (Phi) is 5.62. The van der Waals surface area contributed by atoms with Gasteiger partial charge in [-0.1, -0.05) is 23.7 Å². The van der Waals surface area contributed by atoms with Crippen LogP contribution in [0.25, 0.3) is 11.3 Å². The summed E-state index contributed by atoms with van der Waals surface area (Å²) in [6.07, 6.45) is 4.48. The molecule has 2 aromatic heterocycles. The molecule has 146 valence electrons. The number of halogens is 2. The van der Waals surface area contributed by atoms with Crippen molar-refractivity contribution < 1.29 is 9.18 Å². The number of hydrogen-bond acceptors (Lipinski definition) is 4. The number of benzene rings is 1. The lowest BCUT2D eigenvalue weighted by molar-refractivity contribution is 0.0966. The van der Waals surface area contributed by atoms with Gasteiger partial charge in [-0.15, -0.1) is 11.3 Å². The molecule has 1 aliphatic heterocycles. The van der Waals surface area contributed by atoms with Crippen molar-refractivity contribution in [3.63, 3.8) is 0 Å². The highest BCUT2D eigenvalue weighted by Gasteiger charge is 2.24. The van der Waals surface area contributed by atoms with Crippen molar-refractivity contribution in [2.24, 2.45) is 11.7 Å². The highest BCUT2D eigenvalue weighted by atomic mass is 35.5. The molecule has 1 aromatic carbocycles. The summed E-state index contributed by atoms with van der Waals surface area (Å²) in [5, 5.41) is 4.96. The van der Waals surface area contributed by atoms with Gasteiger partial charge < -0.3 is 5.73 Å². The van der Waals surface area contributed by atoms with Crippen molar-refractivity contribution in [2.45, 2.75) is 32.2 Å². The van der Waals surface area contributed by atoms with Crippen molar-refractivity contribution in [1.82, 2.24) is 9.78 Å². The predicted molar refractivity (Wildman–Crippen MR) is 110 cm³/mol. The Morgan fingerprint density at radius 3 is 3.04 bits per heavy atom. The summed E-state index contributed by atoms with van der Waals surface area (Å²) in [6, 6.07) is 8.42. The molecule has 0 aliphatic carbocycles. The van der Waals surface area contributed by atoms with Crippen molar-refractivity contribution in [3.05, 3.63) is 62.7 Å². The van der Waals surface area contributed by atoms with E-state index in [0.717, 1.165) is 41.1 Å². The number of carbonyl (C=O) groups is 1. The molecule has 1 unspecified atom stereocenters. The quantitative estimate of drug-likeness (QED) is 0.589. The van der Waals surface area contributed by atoms with Crippen LogP contribution in [-0.4, -0.2) is 22.1 Å². The Morgan fingerprint density at radius 2 is 2.25 bits per heavy atom. The second-order valence-electron chi connectivity index (χ2n) is 7.18. The lowest BCUT2D eigenvalue weighted by atomic mass is 9.93. The second kappa shape index (κ2) is 8.15. The largest absolute Gasteiger partial charge is 0.330 e. The lowest BCUT2D eigenvalue weighted by Crippen LogP contribution is -2.20. The fourth-order valence-electron chi connectivity index (χ4n) is 3.74. The summed E-state index contributed by atoms with van der Waals surface area (Å²) >= 11 is 7.89. The van der Waals surface area contributed by atoms with Crippen molar-refractivity contribution in [1.29, 1.82) is 0 Å². The zero-order valence-electron chi connectivity index (χ0n) is 15.3. The topological polar surface area (TPSA) is 60.9 Å². The van der Waals surface area contributed by atoms with E-state index in [1.807, 2.05) is 16.8 Å². The van der Waals surface area contributed by atoms with Gasteiger partial charge in [-0.2, -0.15) is 5.10 Å². The number of rotatable bonds is 6. The van der Waals surface area contributed by atoms with E-state index in [9.17, 15) is 9.18 Å². The summed E-state index contributed by atoms with van der Waals surface area (Å²) in [7, 11) is 0. The van der Waals surface area contributed by atoms with E-state index >= 15 is 0 Å². The molecule has 2 N–H and O–H groups in total. The van der Waals surface area contributed by atoms with Gasteiger partial charge in [0.15, 0.2) is 5.78 Å². The number of ketones is 1. The summed E-state index contributed by atoms with van der Waals surface area (Å²) in [5.41, 5.74) is 8.68. The minimum absolute atomic E-state index is 0.0229. The minimum atomic E-state index is -0.268. The molecule has 0 radical (unpaired) electrons. The first kappa shape index (κ1) is 19.3. The maximum atomic E-state index is 13.4. The minimum Gasteiger partial charge on any atom is -0.330 e. The molecular weight excluding hydrogens is 397 g/mol. The molecule has 0 bridgehead atoms. The number of nitrogens with zero attached hydrogens (tertiary/aromatic N) is 2. The first-order chi connectivity index (χ1) is 13.5. The Labute approximate surface area is 172 Å². The summed E-state index contributed by atoms with van der Waals surface area (Å²) in [4.78, 5) is 14.8. The first-order valence-corrected chi connectivity index (χ1v) is 10.6. The van der Waals surface area contributed by atoms with Crippen LogP contribution in [0.5, 0.6) is 0 Å². The molecule has 1 aliphatic rings. The third-order valence-electron chi connectivity index (χ3n) is 5.13. The zero-order valence-corrected chi connectivity index (χ0v) is 16.9. The fraction of sp³-hybridized carbons (Fsp3) is 0.333. The van der Waals surface area contributed by atoms with E-state index < -0.39 is 0 Å². The van der Waals surface area contributed by atoms with Crippen LogP contribution in [-0.2, 0) is 19.4 Å². The molecule has 0 saturated heterocycles. The number of fused-ring (bicyclic) bond motifs is 3. The zero-order chi connectivity index (χ0) is 19.7. The van der Waals surface area contributed by atoms with Crippen LogP contribution >= 0.6 is 22.9 Å². The SMILES string of the molecule is NCC(CC(=O)c1cc2c(s1)CCCn1ncc(Cl)c1-2)Cc1cccc(F)c1. The van der Waals surface area contributed by atoms with E-state index in [0.29, 0.717) is 24.4 Å². The summed E-state index contributed by atoms with van der Waals surface area (Å²) in [6.45, 7) is 1.21. The standard InChI is InChI=1S/C21H21ClFN3OS/c22-17-12-25-26-6-2-5-19-16(21(17)26)10-20(28-19)18(27)9-14(11-24)7-13-3-1-4-15(23)8-13/h1,3-4,8,10,12,14H,2,5-7,9,11,24H2. The van der Waals surface area contributed by atoms with Gasteiger partial charge in [-0.25, -0.2) is 4.39 Å². The van der Waals surface area contributed by atoms with Gasteiger partial charge in [0.25, 0.3) is 0 Å². The normalized spacial score (nSPS) is 14.2. The van der Waals surface area contributed by atoms with Gasteiger partial charge in [0.1, 0.15) is 5.82 Å². The van der Waals surface area contributed by atoms with Gasteiger partial charge in [0.2, 0.25) is 0 Å². The monoisotopic (exact) mass is 417 g/mol. The third kappa shape index (κ3) is 3.90. The fourth-order valence-corrected chi connectivity index (χ4v) is 5.13. The highest BCUT2D eigenvalue weighted by Crippen LogP contribution is 2.39. The van der Waals surface area contributed by atoms with Crippen LogP contribution in [0.15, 0.2) is 36.5 Å². The highest BCUT2D eigenvalue weighted by molar-refractivity contribution is 7.14. The average Bonchev–Trinajstić information content (AvgIpc) is 3.20. The van der Waals surface area contributed by atoms with E-state index in [1.165, 1.54) is 17.0 Å². The van der Waals surface area contributed by atoms with Crippen LogP contribution in [0.3, 0.4) is 0 Å². The van der Waals surface area contributed by atoms with Crippen LogP contribution < -0.4 is 5.73 Å². The Morgan fingerprint density at radius 1 is 1.39 bits per heavy atom. The Bertz CT molecular complexity index is 1010. The Balaban J connectivity index is 1.54. The molecule has 0 fully saturated rings.